The number of rotatable bonds is 5. The van der Waals surface area contributed by atoms with Gasteiger partial charge in [-0.3, -0.25) is 9.78 Å². The Bertz CT molecular complexity index is 944. The zero-order chi connectivity index (χ0) is 24.1. The standard InChI is InChI=1S/C13H11F3N4O2.C6H6FN.C2H6/c1-22-11-3-2-9(6-17-11)20-12-10(19-7-21)4-8(5-18-12)13(14,15)16;1-5-2-3-6(7)4-8-5;1-2/h2-7H,1H3,(H,18,20)(H,19,21);2-4H,1H3;1-2H3. The average Bonchev–Trinajstić information content (AvgIpc) is 2.79. The second-order valence-corrected chi connectivity index (χ2v) is 5.71. The molecule has 11 heteroatoms. The van der Waals surface area contributed by atoms with E-state index in [2.05, 4.69) is 25.6 Å². The molecular weight excluding hydrogens is 430 g/mol. The minimum atomic E-state index is -4.55. The van der Waals surface area contributed by atoms with Crippen molar-refractivity contribution in [3.8, 4) is 5.88 Å². The predicted molar refractivity (Wildman–Crippen MR) is 113 cm³/mol. The number of anilines is 3. The van der Waals surface area contributed by atoms with Crippen LogP contribution >= 0.6 is 0 Å². The first-order valence-corrected chi connectivity index (χ1v) is 9.35. The van der Waals surface area contributed by atoms with E-state index in [1.165, 1.54) is 25.6 Å². The molecule has 0 spiro atoms. The summed E-state index contributed by atoms with van der Waals surface area (Å²) in [4.78, 5) is 21.9. The van der Waals surface area contributed by atoms with Crippen LogP contribution in [-0.2, 0) is 11.0 Å². The molecule has 0 aromatic carbocycles. The Labute approximate surface area is 182 Å². The highest BCUT2D eigenvalue weighted by atomic mass is 19.4. The summed E-state index contributed by atoms with van der Waals surface area (Å²) in [5.74, 6) is 0.167. The van der Waals surface area contributed by atoms with E-state index in [1.54, 1.807) is 18.2 Å². The van der Waals surface area contributed by atoms with Gasteiger partial charge in [-0.25, -0.2) is 14.4 Å². The highest BCUT2D eigenvalue weighted by Gasteiger charge is 2.31. The first kappa shape index (κ1) is 26.3. The van der Waals surface area contributed by atoms with Crippen molar-refractivity contribution in [2.24, 2.45) is 0 Å². The summed E-state index contributed by atoms with van der Waals surface area (Å²) in [6, 6.07) is 6.99. The smallest absolute Gasteiger partial charge is 0.417 e. The number of aryl methyl sites for hydroxylation is 1. The number of methoxy groups -OCH3 is 1. The molecule has 2 N–H and O–H groups in total. The van der Waals surface area contributed by atoms with Crippen LogP contribution in [-0.4, -0.2) is 28.5 Å². The average molecular weight is 453 g/mol. The summed E-state index contributed by atoms with van der Waals surface area (Å²) >= 11 is 0. The van der Waals surface area contributed by atoms with Crippen LogP contribution in [0.3, 0.4) is 0 Å². The molecule has 0 aliphatic carbocycles. The third kappa shape index (κ3) is 8.54. The van der Waals surface area contributed by atoms with E-state index in [0.717, 1.165) is 11.8 Å². The minimum absolute atomic E-state index is 0.0621. The van der Waals surface area contributed by atoms with Gasteiger partial charge in [0.05, 0.1) is 36.4 Å². The number of halogens is 4. The summed E-state index contributed by atoms with van der Waals surface area (Å²) in [7, 11) is 1.46. The quantitative estimate of drug-likeness (QED) is 0.399. The molecule has 0 saturated carbocycles. The van der Waals surface area contributed by atoms with Gasteiger partial charge in [0, 0.05) is 18.0 Å². The lowest BCUT2D eigenvalue weighted by molar-refractivity contribution is -0.137. The van der Waals surface area contributed by atoms with Crippen LogP contribution in [0.15, 0.2) is 48.9 Å². The van der Waals surface area contributed by atoms with E-state index in [1.807, 2.05) is 20.8 Å². The van der Waals surface area contributed by atoms with Crippen molar-refractivity contribution in [1.29, 1.82) is 0 Å². The highest BCUT2D eigenvalue weighted by Crippen LogP contribution is 2.33. The molecule has 3 rings (SSSR count). The maximum Gasteiger partial charge on any atom is 0.417 e. The number of hydrogen-bond acceptors (Lipinski definition) is 6. The van der Waals surface area contributed by atoms with E-state index < -0.39 is 11.7 Å². The van der Waals surface area contributed by atoms with Crippen molar-refractivity contribution in [1.82, 2.24) is 15.0 Å². The molecule has 0 bridgehead atoms. The number of nitrogens with one attached hydrogen (secondary N) is 2. The number of pyridine rings is 3. The minimum Gasteiger partial charge on any atom is -0.481 e. The summed E-state index contributed by atoms with van der Waals surface area (Å²) in [6.07, 6.45) is -0.978. The Morgan fingerprint density at radius 3 is 2.19 bits per heavy atom. The number of amides is 1. The summed E-state index contributed by atoms with van der Waals surface area (Å²) in [5, 5.41) is 4.95. The fourth-order valence-corrected chi connectivity index (χ4v) is 2.05. The topological polar surface area (TPSA) is 89.0 Å². The normalized spacial score (nSPS) is 10.0. The molecule has 172 valence electrons. The van der Waals surface area contributed by atoms with Crippen LogP contribution in [0.1, 0.15) is 25.1 Å². The lowest BCUT2D eigenvalue weighted by Gasteiger charge is -2.13. The van der Waals surface area contributed by atoms with Gasteiger partial charge in [-0.2, -0.15) is 13.2 Å². The molecule has 0 radical (unpaired) electrons. The largest absolute Gasteiger partial charge is 0.481 e. The Kier molecular flexibility index (Phi) is 10.5. The van der Waals surface area contributed by atoms with Crippen LogP contribution in [0.5, 0.6) is 5.88 Å². The molecule has 0 atom stereocenters. The van der Waals surface area contributed by atoms with E-state index in [0.29, 0.717) is 17.8 Å². The van der Waals surface area contributed by atoms with Crippen molar-refractivity contribution < 1.29 is 27.1 Å². The molecule has 0 aliphatic rings. The Hall–Kier alpha value is -3.76. The number of nitrogens with zero attached hydrogens (tertiary/aromatic N) is 3. The number of hydrogen-bond donors (Lipinski definition) is 2. The lowest BCUT2D eigenvalue weighted by Crippen LogP contribution is -2.09. The van der Waals surface area contributed by atoms with Gasteiger partial charge in [-0.15, -0.1) is 0 Å². The summed E-state index contributed by atoms with van der Waals surface area (Å²) in [6.45, 7) is 5.82. The number of aromatic nitrogens is 3. The summed E-state index contributed by atoms with van der Waals surface area (Å²) in [5.41, 5.74) is 0.254. The van der Waals surface area contributed by atoms with Crippen molar-refractivity contribution >= 4 is 23.6 Å². The fraction of sp³-hybridized carbons (Fsp3) is 0.238. The number of carbonyl (C=O) groups excluding carboxylic acids is 1. The van der Waals surface area contributed by atoms with Crippen LogP contribution in [0.4, 0.5) is 34.8 Å². The fourth-order valence-electron chi connectivity index (χ4n) is 2.05. The molecule has 3 aromatic rings. The van der Waals surface area contributed by atoms with Gasteiger partial charge < -0.3 is 15.4 Å². The van der Waals surface area contributed by atoms with Crippen LogP contribution in [0.25, 0.3) is 0 Å². The van der Waals surface area contributed by atoms with Crippen LogP contribution in [0, 0.1) is 12.7 Å². The maximum atomic E-state index is 12.6. The molecular formula is C21H23F4N5O2. The molecule has 0 aliphatic heterocycles. The maximum absolute atomic E-state index is 12.6. The van der Waals surface area contributed by atoms with Gasteiger partial charge in [-0.05, 0) is 31.2 Å². The molecule has 0 saturated heterocycles. The van der Waals surface area contributed by atoms with Crippen molar-refractivity contribution in [2.45, 2.75) is 26.9 Å². The Morgan fingerprint density at radius 1 is 1.00 bits per heavy atom. The van der Waals surface area contributed by atoms with E-state index in [4.69, 9.17) is 4.74 Å². The Morgan fingerprint density at radius 2 is 1.72 bits per heavy atom. The SMILES string of the molecule is CC.COc1ccc(Nc2ncc(C(F)(F)F)cc2NC=O)cn1.Cc1ccc(F)cn1. The number of alkyl halides is 3. The Balaban J connectivity index is 0.000000427. The monoisotopic (exact) mass is 453 g/mol. The van der Waals surface area contributed by atoms with E-state index >= 15 is 0 Å². The van der Waals surface area contributed by atoms with E-state index in [-0.39, 0.29) is 23.7 Å². The van der Waals surface area contributed by atoms with Gasteiger partial charge in [0.2, 0.25) is 12.3 Å². The molecule has 3 aromatic heterocycles. The highest BCUT2D eigenvalue weighted by molar-refractivity contribution is 5.81. The number of ether oxygens (including phenoxy) is 1. The number of carbonyl (C=O) groups is 1. The lowest BCUT2D eigenvalue weighted by atomic mass is 10.2. The van der Waals surface area contributed by atoms with Gasteiger partial charge in [-0.1, -0.05) is 13.8 Å². The second kappa shape index (κ2) is 12.8. The second-order valence-electron chi connectivity index (χ2n) is 5.71. The van der Waals surface area contributed by atoms with Crippen LogP contribution in [0.2, 0.25) is 0 Å². The zero-order valence-corrected chi connectivity index (χ0v) is 17.9. The van der Waals surface area contributed by atoms with Crippen molar-refractivity contribution in [2.75, 3.05) is 17.7 Å². The third-order valence-corrected chi connectivity index (χ3v) is 3.51. The van der Waals surface area contributed by atoms with E-state index in [9.17, 15) is 22.4 Å². The molecule has 3 heterocycles. The predicted octanol–water partition coefficient (Wildman–Crippen LogP) is 5.37. The van der Waals surface area contributed by atoms with Crippen molar-refractivity contribution in [3.05, 3.63) is 66.0 Å². The van der Waals surface area contributed by atoms with Gasteiger partial charge in [0.25, 0.3) is 0 Å². The first-order valence-electron chi connectivity index (χ1n) is 9.35. The third-order valence-electron chi connectivity index (χ3n) is 3.51. The zero-order valence-electron chi connectivity index (χ0n) is 17.9. The molecule has 0 fully saturated rings. The molecule has 1 amide bonds. The summed E-state index contributed by atoms with van der Waals surface area (Å²) < 4.78 is 54.9. The van der Waals surface area contributed by atoms with Crippen molar-refractivity contribution in [3.63, 3.8) is 0 Å². The van der Waals surface area contributed by atoms with Gasteiger partial charge >= 0.3 is 6.18 Å². The molecule has 7 nitrogen and oxygen atoms in total. The van der Waals surface area contributed by atoms with Crippen LogP contribution < -0.4 is 15.4 Å². The molecule has 32 heavy (non-hydrogen) atoms. The molecule has 0 unspecified atom stereocenters. The van der Waals surface area contributed by atoms with Gasteiger partial charge in [0.15, 0.2) is 5.82 Å². The first-order chi connectivity index (χ1) is 15.2. The van der Waals surface area contributed by atoms with Gasteiger partial charge in [0.1, 0.15) is 5.82 Å².